The van der Waals surface area contributed by atoms with Crippen LogP contribution < -0.4 is 27.0 Å². The van der Waals surface area contributed by atoms with E-state index < -0.39 is 152 Å². The Balaban J connectivity index is 0.000000561. The summed E-state index contributed by atoms with van der Waals surface area (Å²) in [6.45, 7) is 14.4. The van der Waals surface area contributed by atoms with E-state index in [0.717, 1.165) is 87.5 Å². The number of aryl methyl sites for hydroxylation is 12. The predicted molar refractivity (Wildman–Crippen MR) is 492 cm³/mol. The van der Waals surface area contributed by atoms with Crippen molar-refractivity contribution in [2.24, 2.45) is 86.0 Å². The van der Waals surface area contributed by atoms with Crippen molar-refractivity contribution in [3.8, 4) is 0 Å². The number of aromatic nitrogens is 16. The summed E-state index contributed by atoms with van der Waals surface area (Å²) in [7, 11) is 17.0. The Bertz CT molecular complexity index is 6010. The standard InChI is InChI=1S/C16H16F2N4O2.C12H18F3N3O2.C12H17N3O3.C11H15N3O3.C10H13N3O3.C7H6F3N3O2.C5H4F3IN2.C5H6F3N3.C4H8N2O2.2CO2.CH4/c1-8-6-12(21-22(8)2)9-7-19-15(23)13(9)16(24)20-11-5-3-4-10(17)14(11)18;1-4-8(5-2)9(7-18(19)20)10-6-11(12(13,14)15)17(3)16-10;1-4-18-12(17)10-8(6-13-11(10)16)9-5-7(2)15(3)14-9;1-6-4-8(12-14(6)3)7-5-13(2)10(15)9(7)11(16)17;1-5-3-7(12-13(5)2)6-4-11-9(14)8(6)10(15)16;1-12-6(7(8,9)10)4-5(11-12)2-3-13(14)15;2*1-11-3(5(6,7)8)2-4(9)10-11;1-5(2)3-4-6(7)8;2*2-1-3;/h3-6,9,13H,7H2,1-2H3,(H,19,23)(H,20,24);6,8-9H,4-5,7H2,1-3H3;5,8,10H,4,6H2,1-3H3,(H,13,16);4,7,9H,5H2,1-3H3,(H,16,17);3,6,8H,4H2,1-2H3,(H,11,14)(H,15,16);2-4H,1H3;2H,1H3;2H,1H3,(H2,9,10);3-4H,1-2H3;;;1H4/b;;;;;3-2+;;;4-3+;;;/t9-,13-;9-;8-,10-;7-,9-;6-,8-;;;;;;;/m11111......./s1. The highest BCUT2D eigenvalue weighted by Crippen LogP contribution is 2.39. The molecule has 4 fully saturated rings. The number of esters is 1. The van der Waals surface area contributed by atoms with Crippen LogP contribution in [0, 0.1) is 103 Å². The normalized spacial score (nSPS) is 17.1. The molecule has 808 valence electrons. The van der Waals surface area contributed by atoms with Crippen molar-refractivity contribution in [3.63, 3.8) is 0 Å². The van der Waals surface area contributed by atoms with Crippen LogP contribution in [-0.2, 0) is 143 Å². The maximum Gasteiger partial charge on any atom is 0.433 e. The molecule has 0 bridgehead atoms. The number of nitro groups is 3. The van der Waals surface area contributed by atoms with Gasteiger partial charge in [0.1, 0.15) is 56.0 Å². The highest BCUT2D eigenvalue weighted by Gasteiger charge is 2.49. The van der Waals surface area contributed by atoms with Crippen LogP contribution in [0.15, 0.2) is 85.3 Å². The summed E-state index contributed by atoms with van der Waals surface area (Å²) in [5.41, 5.74) is 7.86. The quantitative estimate of drug-likeness (QED) is 0.00934. The summed E-state index contributed by atoms with van der Waals surface area (Å²) in [6, 6.07) is 14.3. The van der Waals surface area contributed by atoms with E-state index in [1.54, 1.807) is 101 Å². The van der Waals surface area contributed by atoms with Crippen LogP contribution in [0.3, 0.4) is 0 Å². The average molecular weight is 2220 g/mol. The number of alkyl halides is 12. The number of nitrogens with one attached hydrogen (secondary N) is 4. The van der Waals surface area contributed by atoms with Gasteiger partial charge in [0.25, 0.3) is 0 Å². The smallest absolute Gasteiger partial charge is 0.433 e. The van der Waals surface area contributed by atoms with Gasteiger partial charge < -0.3 is 51.8 Å². The molecule has 13 rings (SSSR count). The fraction of sp³-hybridized carbons (Fsp3) is 0.482. The van der Waals surface area contributed by atoms with Gasteiger partial charge in [0.15, 0.2) is 11.6 Å². The number of likely N-dealkylation sites (N-methyl/N-ethyl adjacent to an activating group) is 1. The number of rotatable bonds is 20. The lowest BCUT2D eigenvalue weighted by Crippen LogP contribution is -2.32. The number of benzene rings is 1. The zero-order valence-electron chi connectivity index (χ0n) is 80.9. The second-order valence-corrected chi connectivity index (χ2v) is 33.0. The molecule has 0 saturated carbocycles. The number of hydrogen-bond donors (Lipinski definition) is 7. The minimum Gasteiger partial charge on any atom is -0.481 e. The maximum atomic E-state index is 13.7. The molecule has 8 aromatic heterocycles. The van der Waals surface area contributed by atoms with E-state index in [9.17, 15) is 130 Å². The lowest BCUT2D eigenvalue weighted by molar-refractivity contribution is -0.485. The number of hydrogen-bond acceptors (Lipinski definition) is 29. The molecule has 0 spiro atoms. The first-order valence-electron chi connectivity index (χ1n) is 42.4. The first kappa shape index (κ1) is 128. The van der Waals surface area contributed by atoms with Crippen LogP contribution in [0.1, 0.15) is 150 Å². The molecule has 8 N–H and O–H groups in total. The van der Waals surface area contributed by atoms with Gasteiger partial charge in [-0.1, -0.05) is 40.2 Å². The van der Waals surface area contributed by atoms with E-state index in [1.165, 1.54) is 44.4 Å². The number of nitrogens with two attached hydrogens (primary N) is 1. The van der Waals surface area contributed by atoms with Crippen molar-refractivity contribution in [1.29, 1.82) is 0 Å². The summed E-state index contributed by atoms with van der Waals surface area (Å²) in [4.78, 5) is 157. The van der Waals surface area contributed by atoms with Gasteiger partial charge in [0, 0.05) is 173 Å². The minimum atomic E-state index is -4.51. The topological polar surface area (TPSA) is 607 Å². The number of carbonyl (C=O) groups is 8. The van der Waals surface area contributed by atoms with Crippen molar-refractivity contribution in [3.05, 3.63) is 211 Å². The molecular weight excluding hydrogens is 2110 g/mol. The molecule has 147 heavy (non-hydrogen) atoms. The van der Waals surface area contributed by atoms with Crippen molar-refractivity contribution in [1.82, 2.24) is 104 Å². The first-order valence-corrected chi connectivity index (χ1v) is 43.4. The summed E-state index contributed by atoms with van der Waals surface area (Å²) in [5.74, 6) is -13.1. The number of carboxylic acids is 2. The number of nitrogens with zero attached hydrogens (tertiary/aromatic N) is 21. The Kier molecular flexibility index (Phi) is 49.1. The van der Waals surface area contributed by atoms with Crippen molar-refractivity contribution < 1.29 is 149 Å². The summed E-state index contributed by atoms with van der Waals surface area (Å²) < 4.78 is 189. The largest absolute Gasteiger partial charge is 0.481 e. The van der Waals surface area contributed by atoms with Gasteiger partial charge in [-0.2, -0.15) is 113 Å². The Hall–Kier alpha value is -15.6. The molecule has 4 saturated heterocycles. The highest BCUT2D eigenvalue weighted by atomic mass is 127. The minimum absolute atomic E-state index is 0. The fourth-order valence-electron chi connectivity index (χ4n) is 14.2. The molecule has 5 amide bonds. The number of carbonyl (C=O) groups excluding carboxylic acids is 10. The number of nitrogen functional groups attached to an aromatic ring is 1. The third-order valence-corrected chi connectivity index (χ3v) is 22.1. The molecule has 47 nitrogen and oxygen atoms in total. The summed E-state index contributed by atoms with van der Waals surface area (Å²) in [6.07, 6.45) is -12.2. The average Bonchev–Trinajstić information content (AvgIpc) is 1.64. The molecule has 9 aromatic rings. The maximum absolute atomic E-state index is 13.7. The van der Waals surface area contributed by atoms with Gasteiger partial charge >= 0.3 is 54.9 Å². The molecule has 4 aliphatic rings. The molecule has 0 aliphatic carbocycles. The lowest BCUT2D eigenvalue weighted by atomic mass is 9.85. The molecule has 4 aliphatic heterocycles. The first-order chi connectivity index (χ1) is 67.6. The van der Waals surface area contributed by atoms with Crippen LogP contribution in [0.5, 0.6) is 0 Å². The second kappa shape index (κ2) is 56.6. The monoisotopic (exact) mass is 2220 g/mol. The Morgan fingerprint density at radius 2 is 0.918 bits per heavy atom. The molecule has 0 unspecified atom stereocenters. The van der Waals surface area contributed by atoms with Gasteiger partial charge in [-0.3, -0.25) is 106 Å². The Labute approximate surface area is 840 Å². The summed E-state index contributed by atoms with van der Waals surface area (Å²) >= 11 is 1.73. The molecule has 9 atom stereocenters. The number of aliphatic carboxylic acids is 2. The van der Waals surface area contributed by atoms with Crippen LogP contribution in [0.4, 0.5) is 73.0 Å². The zero-order valence-corrected chi connectivity index (χ0v) is 83.0. The molecule has 62 heteroatoms. The Morgan fingerprint density at radius 3 is 1.24 bits per heavy atom. The van der Waals surface area contributed by atoms with E-state index in [1.807, 2.05) is 66.8 Å². The number of halogens is 15. The third kappa shape index (κ3) is 37.9. The number of anilines is 2. The Morgan fingerprint density at radius 1 is 0.544 bits per heavy atom. The van der Waals surface area contributed by atoms with Crippen molar-refractivity contribution >= 4 is 99.9 Å². The number of ether oxygens (including phenoxy) is 1. The van der Waals surface area contributed by atoms with Crippen LogP contribution in [0.2, 0.25) is 0 Å². The van der Waals surface area contributed by atoms with E-state index in [2.05, 4.69) is 62.1 Å². The number of likely N-dealkylation sites (tertiary alicyclic amines) is 1. The molecular formula is C85H107F14IN26O21. The van der Waals surface area contributed by atoms with Crippen LogP contribution in [0.25, 0.3) is 6.08 Å². The van der Waals surface area contributed by atoms with Gasteiger partial charge in [-0.15, -0.1) is 0 Å². The second-order valence-electron chi connectivity index (χ2n) is 31.9. The SMILES string of the molecule is C.CCC(CC)[C@@H](C[N+](=O)[O-])c1cc(C(F)(F)F)n(C)n1.CCOC(=O)[C@H]1C(=O)NC[C@@H]1c1cc(C)n(C)n1.CN(C)/C=C/[N+](=O)[O-].Cc1cc([C@H]2CN(C)C(=O)[C@@H]2C(=O)O)nn1C.Cc1cc([C@H]2CNC(=O)[C@@H]2C(=O)Nc2cccc(F)c2F)nn1C.Cc1cc([C@H]2CNC(=O)[C@@H]2C(=O)O)nn1C.Cn1nc(/C=C/[N+](=O)[O-])cc1C(F)(F)F.Cn1nc(I)cc1C(F)(F)F.Cn1nc(N)cc1C(F)(F)F.O=C=O.O=C=O. The fourth-order valence-corrected chi connectivity index (χ4v) is 14.8. The van der Waals surface area contributed by atoms with Crippen LogP contribution in [-0.4, -0.2) is 233 Å². The van der Waals surface area contributed by atoms with E-state index in [0.29, 0.717) is 68.8 Å². The number of carboxylic acid groups (broad SMARTS) is 2. The van der Waals surface area contributed by atoms with Gasteiger partial charge in [-0.25, -0.2) is 8.78 Å². The van der Waals surface area contributed by atoms with Gasteiger partial charge in [-0.05, 0) is 112 Å². The van der Waals surface area contributed by atoms with Crippen molar-refractivity contribution in [2.45, 2.75) is 123 Å². The third-order valence-electron chi connectivity index (χ3n) is 21.6. The van der Waals surface area contributed by atoms with E-state index >= 15 is 0 Å². The van der Waals surface area contributed by atoms with E-state index in [-0.39, 0.29) is 91.3 Å². The predicted octanol–water partition coefficient (Wildman–Crippen LogP) is 8.98. The van der Waals surface area contributed by atoms with Gasteiger partial charge in [0.2, 0.25) is 48.5 Å². The summed E-state index contributed by atoms with van der Waals surface area (Å²) in [5, 5.41) is 89.9. The highest BCUT2D eigenvalue weighted by molar-refractivity contribution is 14.1. The molecule has 12 heterocycles. The van der Waals surface area contributed by atoms with Gasteiger partial charge in [0.05, 0.1) is 68.4 Å². The molecule has 0 radical (unpaired) electrons. The van der Waals surface area contributed by atoms with E-state index in [4.69, 9.17) is 39.9 Å². The molecule has 1 aromatic carbocycles. The zero-order chi connectivity index (χ0) is 112. The van der Waals surface area contributed by atoms with Crippen molar-refractivity contribution in [2.75, 3.05) is 71.5 Å². The van der Waals surface area contributed by atoms with Crippen LogP contribution >= 0.6 is 22.6 Å². The lowest BCUT2D eigenvalue weighted by Gasteiger charge is -2.19. The number of amides is 5.